The molecule has 148 valence electrons. The van der Waals surface area contributed by atoms with Gasteiger partial charge in [0.2, 0.25) is 0 Å². The molecule has 2 heterocycles. The Bertz CT molecular complexity index is 1190. The van der Waals surface area contributed by atoms with Gasteiger partial charge in [-0.3, -0.25) is 14.3 Å². The molecule has 0 saturated heterocycles. The number of rotatable bonds is 4. The molecule has 0 bridgehead atoms. The van der Waals surface area contributed by atoms with Gasteiger partial charge in [0.05, 0.1) is 29.9 Å². The van der Waals surface area contributed by atoms with Crippen molar-refractivity contribution in [2.45, 2.75) is 25.3 Å². The summed E-state index contributed by atoms with van der Waals surface area (Å²) in [6.45, 7) is 1.02. The minimum absolute atomic E-state index is 0.224. The topological polar surface area (TPSA) is 91.0 Å². The number of nitriles is 1. The van der Waals surface area contributed by atoms with Crippen LogP contribution >= 0.6 is 0 Å². The SMILES string of the molecule is N#Cc1cccc(NC(=O)c2cnn3c2C(=O)N(c2ccc(C4CC4)cc2)CC3)c1. The molecule has 1 fully saturated rings. The first-order chi connectivity index (χ1) is 14.6. The molecule has 7 heteroatoms. The highest BCUT2D eigenvalue weighted by molar-refractivity contribution is 6.15. The summed E-state index contributed by atoms with van der Waals surface area (Å²) < 4.78 is 1.58. The Morgan fingerprint density at radius 3 is 2.67 bits per heavy atom. The van der Waals surface area contributed by atoms with E-state index >= 15 is 0 Å². The quantitative estimate of drug-likeness (QED) is 0.729. The zero-order valence-electron chi connectivity index (χ0n) is 16.2. The molecule has 0 radical (unpaired) electrons. The van der Waals surface area contributed by atoms with Gasteiger partial charge in [0.15, 0.2) is 0 Å². The Morgan fingerprint density at radius 1 is 1.13 bits per heavy atom. The van der Waals surface area contributed by atoms with Gasteiger partial charge >= 0.3 is 0 Å². The fraction of sp³-hybridized carbons (Fsp3) is 0.217. The third kappa shape index (κ3) is 3.22. The number of anilines is 2. The first-order valence-corrected chi connectivity index (χ1v) is 9.93. The molecule has 1 N–H and O–H groups in total. The van der Waals surface area contributed by atoms with E-state index in [1.807, 2.05) is 18.2 Å². The lowest BCUT2D eigenvalue weighted by Crippen LogP contribution is -2.41. The predicted octanol–water partition coefficient (Wildman–Crippen LogP) is 3.54. The summed E-state index contributed by atoms with van der Waals surface area (Å²) >= 11 is 0. The van der Waals surface area contributed by atoms with Crippen molar-refractivity contribution >= 4 is 23.2 Å². The molecule has 1 saturated carbocycles. The molecule has 30 heavy (non-hydrogen) atoms. The van der Waals surface area contributed by atoms with E-state index in [1.165, 1.54) is 24.6 Å². The van der Waals surface area contributed by atoms with Gasteiger partial charge in [-0.15, -0.1) is 0 Å². The van der Waals surface area contributed by atoms with E-state index < -0.39 is 5.91 Å². The summed E-state index contributed by atoms with van der Waals surface area (Å²) in [5.74, 6) is -0.00755. The van der Waals surface area contributed by atoms with Crippen molar-refractivity contribution in [3.63, 3.8) is 0 Å². The van der Waals surface area contributed by atoms with Crippen molar-refractivity contribution in [2.75, 3.05) is 16.8 Å². The lowest BCUT2D eigenvalue weighted by Gasteiger charge is -2.28. The fourth-order valence-electron chi connectivity index (χ4n) is 3.83. The maximum Gasteiger partial charge on any atom is 0.277 e. The average Bonchev–Trinajstić information content (AvgIpc) is 3.53. The number of nitrogens with zero attached hydrogens (tertiary/aromatic N) is 4. The predicted molar refractivity (Wildman–Crippen MR) is 111 cm³/mol. The van der Waals surface area contributed by atoms with Crippen LogP contribution in [-0.2, 0) is 6.54 Å². The second-order valence-corrected chi connectivity index (χ2v) is 7.60. The van der Waals surface area contributed by atoms with Crippen molar-refractivity contribution < 1.29 is 9.59 Å². The Kier molecular flexibility index (Phi) is 4.32. The molecule has 2 amide bonds. The largest absolute Gasteiger partial charge is 0.322 e. The van der Waals surface area contributed by atoms with Crippen LogP contribution in [0, 0.1) is 11.3 Å². The van der Waals surface area contributed by atoms with Gasteiger partial charge < -0.3 is 10.2 Å². The normalized spacial score (nSPS) is 15.4. The first-order valence-electron chi connectivity index (χ1n) is 9.93. The molecular weight excluding hydrogens is 378 g/mol. The van der Waals surface area contributed by atoms with Crippen molar-refractivity contribution in [3.05, 3.63) is 77.1 Å². The van der Waals surface area contributed by atoms with Crippen molar-refractivity contribution in [1.29, 1.82) is 5.26 Å². The van der Waals surface area contributed by atoms with Crippen LogP contribution in [0.1, 0.15) is 50.7 Å². The number of nitrogens with one attached hydrogen (secondary N) is 1. The summed E-state index contributed by atoms with van der Waals surface area (Å²) in [4.78, 5) is 27.8. The van der Waals surface area contributed by atoms with Gasteiger partial charge in [0.1, 0.15) is 5.69 Å². The highest BCUT2D eigenvalue weighted by atomic mass is 16.2. The minimum Gasteiger partial charge on any atom is -0.322 e. The number of hydrogen-bond donors (Lipinski definition) is 1. The van der Waals surface area contributed by atoms with E-state index in [9.17, 15) is 9.59 Å². The average molecular weight is 397 g/mol. The number of fused-ring (bicyclic) bond motifs is 1. The van der Waals surface area contributed by atoms with E-state index in [4.69, 9.17) is 5.26 Å². The van der Waals surface area contributed by atoms with Crippen LogP contribution in [0.15, 0.2) is 54.7 Å². The van der Waals surface area contributed by atoms with Gasteiger partial charge in [-0.2, -0.15) is 10.4 Å². The van der Waals surface area contributed by atoms with Crippen LogP contribution in [0.25, 0.3) is 0 Å². The van der Waals surface area contributed by atoms with Gasteiger partial charge in [-0.05, 0) is 54.7 Å². The highest BCUT2D eigenvalue weighted by Crippen LogP contribution is 2.40. The van der Waals surface area contributed by atoms with Crippen molar-refractivity contribution in [1.82, 2.24) is 9.78 Å². The summed E-state index contributed by atoms with van der Waals surface area (Å²) in [6, 6.07) is 16.8. The number of amides is 2. The Morgan fingerprint density at radius 2 is 1.93 bits per heavy atom. The van der Waals surface area contributed by atoms with Gasteiger partial charge in [-0.25, -0.2) is 0 Å². The summed E-state index contributed by atoms with van der Waals surface area (Å²) in [5.41, 5.74) is 3.58. The van der Waals surface area contributed by atoms with Crippen LogP contribution < -0.4 is 10.2 Å². The van der Waals surface area contributed by atoms with Gasteiger partial charge in [-0.1, -0.05) is 18.2 Å². The van der Waals surface area contributed by atoms with E-state index in [-0.39, 0.29) is 17.2 Å². The molecule has 7 nitrogen and oxygen atoms in total. The summed E-state index contributed by atoms with van der Waals surface area (Å²) in [7, 11) is 0. The molecular formula is C23H19N5O2. The second kappa shape index (κ2) is 7.16. The number of benzene rings is 2. The van der Waals surface area contributed by atoms with Crippen LogP contribution in [0.3, 0.4) is 0 Å². The number of carbonyl (C=O) groups excluding carboxylic acids is 2. The number of hydrogen-bond acceptors (Lipinski definition) is 4. The summed E-state index contributed by atoms with van der Waals surface area (Å²) in [6.07, 6.45) is 3.89. The number of carbonyl (C=O) groups is 2. The molecule has 1 aromatic heterocycles. The number of aromatic nitrogens is 2. The molecule has 0 unspecified atom stereocenters. The zero-order valence-corrected chi connectivity index (χ0v) is 16.2. The molecule has 5 rings (SSSR count). The van der Waals surface area contributed by atoms with Crippen molar-refractivity contribution in [3.8, 4) is 6.07 Å². The van der Waals surface area contributed by atoms with Gasteiger partial charge in [0.25, 0.3) is 11.8 Å². The molecule has 1 aliphatic carbocycles. The molecule has 0 atom stereocenters. The maximum absolute atomic E-state index is 13.2. The lowest BCUT2D eigenvalue weighted by molar-refractivity contribution is 0.0947. The van der Waals surface area contributed by atoms with Crippen LogP contribution in [-0.4, -0.2) is 28.1 Å². The minimum atomic E-state index is -0.425. The standard InChI is InChI=1S/C23H19N5O2/c24-13-15-2-1-3-18(12-15)26-22(29)20-14-25-28-11-10-27(23(30)21(20)28)19-8-6-17(7-9-19)16-4-5-16/h1-3,6-9,12,14,16H,4-5,10-11H2,(H,26,29). The molecule has 0 spiro atoms. The lowest BCUT2D eigenvalue weighted by atomic mass is 10.1. The van der Waals surface area contributed by atoms with Crippen LogP contribution in [0.5, 0.6) is 0 Å². The molecule has 1 aliphatic heterocycles. The zero-order chi connectivity index (χ0) is 20.7. The van der Waals surface area contributed by atoms with Crippen molar-refractivity contribution in [2.24, 2.45) is 0 Å². The van der Waals surface area contributed by atoms with E-state index in [1.54, 1.807) is 33.8 Å². The van der Waals surface area contributed by atoms with E-state index in [0.29, 0.717) is 30.3 Å². The highest BCUT2D eigenvalue weighted by Gasteiger charge is 2.32. The smallest absolute Gasteiger partial charge is 0.277 e. The Hall–Kier alpha value is -3.92. The van der Waals surface area contributed by atoms with E-state index in [0.717, 1.165) is 5.69 Å². The Balaban J connectivity index is 1.40. The Labute approximate surface area is 173 Å². The first kappa shape index (κ1) is 18.1. The van der Waals surface area contributed by atoms with Crippen LogP contribution in [0.4, 0.5) is 11.4 Å². The summed E-state index contributed by atoms with van der Waals surface area (Å²) in [5, 5.41) is 16.0. The van der Waals surface area contributed by atoms with Gasteiger partial charge in [0, 0.05) is 17.9 Å². The maximum atomic E-state index is 13.2. The molecule has 2 aliphatic rings. The van der Waals surface area contributed by atoms with E-state index in [2.05, 4.69) is 22.5 Å². The molecule has 2 aromatic carbocycles. The monoisotopic (exact) mass is 397 g/mol. The third-order valence-corrected chi connectivity index (χ3v) is 5.57. The molecule has 3 aromatic rings. The van der Waals surface area contributed by atoms with Crippen LogP contribution in [0.2, 0.25) is 0 Å². The second-order valence-electron chi connectivity index (χ2n) is 7.60. The third-order valence-electron chi connectivity index (χ3n) is 5.57. The fourth-order valence-corrected chi connectivity index (χ4v) is 3.83.